The molecule has 0 aromatic carbocycles. The first kappa shape index (κ1) is 50.4. The first-order valence-electron chi connectivity index (χ1n) is 0.535. The second kappa shape index (κ2) is 63.4. The summed E-state index contributed by atoms with van der Waals surface area (Å²) in [7, 11) is 0. The molecule has 0 fully saturated rings. The Hall–Kier alpha value is 2.03. The maximum Gasteiger partial charge on any atom is 0.0967 e. The molecule has 7 heteroatoms. The van der Waals surface area contributed by atoms with Crippen molar-refractivity contribution >= 4 is 85.2 Å². The van der Waals surface area contributed by atoms with E-state index in [4.69, 9.17) is 23.2 Å². The average molecular weight is 267 g/mol. The molecule has 0 aliphatic rings. The van der Waals surface area contributed by atoms with Gasteiger partial charge in [-0.3, -0.25) is 0 Å². The van der Waals surface area contributed by atoms with Crippen molar-refractivity contribution in [2.45, 2.75) is 0 Å². The number of alkyl halides is 2. The van der Waals surface area contributed by atoms with Gasteiger partial charge in [-0.2, -0.15) is 0 Å². The molecule has 0 saturated carbocycles. The number of halogens is 7. The summed E-state index contributed by atoms with van der Waals surface area (Å²) >= 11 is 9.53. The SMILES string of the molecule is Cl.Cl.Cl.Cl.Cl.ClCCl. The molecular weight excluding hydrogens is 260 g/mol. The molecule has 0 radical (unpaired) electrons. The van der Waals surface area contributed by atoms with Crippen LogP contribution in [0, 0.1) is 0 Å². The lowest BCUT2D eigenvalue weighted by Gasteiger charge is -1.42. The van der Waals surface area contributed by atoms with Crippen molar-refractivity contribution in [3.8, 4) is 0 Å². The summed E-state index contributed by atoms with van der Waals surface area (Å²) in [4.78, 5) is 0. The molecule has 0 saturated heterocycles. The van der Waals surface area contributed by atoms with Gasteiger partial charge in [0, 0.05) is 0 Å². The Labute approximate surface area is 90.1 Å². The van der Waals surface area contributed by atoms with Crippen LogP contribution in [0.5, 0.6) is 0 Å². The first-order chi connectivity index (χ1) is 1.41. The molecule has 0 aromatic rings. The number of hydrogen-bond donors (Lipinski definition) is 0. The summed E-state index contributed by atoms with van der Waals surface area (Å²) in [6.45, 7) is 0. The summed E-state index contributed by atoms with van der Waals surface area (Å²) < 4.78 is 0. The molecule has 0 aliphatic carbocycles. The maximum atomic E-state index is 4.76. The van der Waals surface area contributed by atoms with Gasteiger partial charge in [0.05, 0.1) is 5.34 Å². The van der Waals surface area contributed by atoms with Crippen LogP contribution in [-0.2, 0) is 0 Å². The maximum absolute atomic E-state index is 4.76. The largest absolute Gasteiger partial charge is 0.147 e. The lowest BCUT2D eigenvalue weighted by Crippen LogP contribution is -1.24. The Bertz CT molecular complexity index is 4.35. The van der Waals surface area contributed by atoms with Crippen LogP contribution in [0.1, 0.15) is 0 Å². The third kappa shape index (κ3) is 96.3. The molecule has 0 atom stereocenters. The van der Waals surface area contributed by atoms with Gasteiger partial charge in [0.2, 0.25) is 0 Å². The van der Waals surface area contributed by atoms with Crippen LogP contribution in [0.15, 0.2) is 0 Å². The van der Waals surface area contributed by atoms with Gasteiger partial charge in [-0.1, -0.05) is 0 Å². The molecule has 0 heterocycles. The average Bonchev–Trinajstić information content (AvgIpc) is 0.918. The summed E-state index contributed by atoms with van der Waals surface area (Å²) in [5.41, 5.74) is 0. The molecule has 0 nitrogen and oxygen atoms in total. The van der Waals surface area contributed by atoms with Crippen molar-refractivity contribution in [1.82, 2.24) is 0 Å². The topological polar surface area (TPSA) is 0 Å². The molecule has 0 unspecified atom stereocenters. The van der Waals surface area contributed by atoms with Crippen LogP contribution in [0.25, 0.3) is 0 Å². The second-order valence-corrected chi connectivity index (χ2v) is 0.909. The Morgan fingerprint density at radius 1 is 0.625 bits per heavy atom. The van der Waals surface area contributed by atoms with Gasteiger partial charge in [-0.15, -0.1) is 85.2 Å². The minimum atomic E-state index is 0. The van der Waals surface area contributed by atoms with E-state index in [9.17, 15) is 0 Å². The van der Waals surface area contributed by atoms with E-state index in [0.717, 1.165) is 0 Å². The highest BCUT2D eigenvalue weighted by molar-refractivity contribution is 6.40. The Morgan fingerprint density at radius 3 is 0.625 bits per heavy atom. The zero-order valence-corrected chi connectivity index (χ0v) is 9.10. The zero-order chi connectivity index (χ0) is 2.71. The Kier molecular flexibility index (Phi) is 399. The fourth-order valence-electron chi connectivity index (χ4n) is 0. The zero-order valence-electron chi connectivity index (χ0n) is 3.50. The van der Waals surface area contributed by atoms with Crippen molar-refractivity contribution < 1.29 is 0 Å². The number of rotatable bonds is 0. The van der Waals surface area contributed by atoms with E-state index in [1.165, 1.54) is 0 Å². The van der Waals surface area contributed by atoms with Crippen LogP contribution in [0.2, 0.25) is 0 Å². The molecule has 0 amide bonds. The van der Waals surface area contributed by atoms with E-state index < -0.39 is 0 Å². The highest BCUT2D eigenvalue weighted by Gasteiger charge is 1.41. The number of hydrogen-bond acceptors (Lipinski definition) is 0. The summed E-state index contributed by atoms with van der Waals surface area (Å²) in [5.74, 6) is 0. The van der Waals surface area contributed by atoms with Crippen LogP contribution >= 0.6 is 85.2 Å². The molecule has 60 valence electrons. The van der Waals surface area contributed by atoms with Crippen molar-refractivity contribution in [2.24, 2.45) is 0 Å². The summed E-state index contributed by atoms with van der Waals surface area (Å²) in [6, 6.07) is 0. The van der Waals surface area contributed by atoms with Gasteiger partial charge in [0.25, 0.3) is 0 Å². The monoisotopic (exact) mass is 264 g/mol. The molecule has 0 rings (SSSR count). The van der Waals surface area contributed by atoms with Crippen molar-refractivity contribution in [3.05, 3.63) is 0 Å². The van der Waals surface area contributed by atoms with E-state index in [0.29, 0.717) is 0 Å². The van der Waals surface area contributed by atoms with Crippen molar-refractivity contribution in [3.63, 3.8) is 0 Å². The standard InChI is InChI=1S/CH2Cl2.5ClH/c2-1-3;;;;;/h1H2;5*1H. The minimum Gasteiger partial charge on any atom is -0.147 e. The third-order valence-corrected chi connectivity index (χ3v) is 0. The van der Waals surface area contributed by atoms with Crippen LogP contribution in [0.4, 0.5) is 0 Å². The van der Waals surface area contributed by atoms with E-state index in [1.807, 2.05) is 0 Å². The molecule has 0 spiro atoms. The van der Waals surface area contributed by atoms with Gasteiger partial charge in [-0.05, 0) is 0 Å². The van der Waals surface area contributed by atoms with E-state index in [-0.39, 0.29) is 67.4 Å². The Morgan fingerprint density at radius 2 is 0.625 bits per heavy atom. The quantitative estimate of drug-likeness (QED) is 0.589. The predicted octanol–water partition coefficient (Wildman–Crippen LogP) is 3.53. The lowest BCUT2D eigenvalue weighted by molar-refractivity contribution is 2.20. The summed E-state index contributed by atoms with van der Waals surface area (Å²) in [6.07, 6.45) is 0. The van der Waals surface area contributed by atoms with Gasteiger partial charge >= 0.3 is 0 Å². The molecule has 0 aromatic heterocycles. The molecule has 8 heavy (non-hydrogen) atoms. The molecule has 0 aliphatic heterocycles. The lowest BCUT2D eigenvalue weighted by atomic mass is 11.9. The van der Waals surface area contributed by atoms with Crippen LogP contribution < -0.4 is 0 Å². The van der Waals surface area contributed by atoms with Gasteiger partial charge in [0.15, 0.2) is 0 Å². The summed E-state index contributed by atoms with van der Waals surface area (Å²) in [5, 5.41) is 0.194. The highest BCUT2D eigenvalue weighted by atomic mass is 35.5. The van der Waals surface area contributed by atoms with E-state index in [1.54, 1.807) is 0 Å². The second-order valence-electron chi connectivity index (χ2n) is 0.101. The first-order valence-corrected chi connectivity index (χ1v) is 1.60. The third-order valence-electron chi connectivity index (χ3n) is 0. The highest BCUT2D eigenvalue weighted by Crippen LogP contribution is 1.73. The van der Waals surface area contributed by atoms with Gasteiger partial charge < -0.3 is 0 Å². The molecular formula is CH7Cl7. The normalized spacial score (nSPS) is 2.25. The molecule has 0 bridgehead atoms. The van der Waals surface area contributed by atoms with Gasteiger partial charge in [-0.25, -0.2) is 0 Å². The smallest absolute Gasteiger partial charge is 0.0967 e. The minimum absolute atomic E-state index is 0. The molecule has 0 N–H and O–H groups in total. The van der Waals surface area contributed by atoms with Crippen molar-refractivity contribution in [1.29, 1.82) is 0 Å². The van der Waals surface area contributed by atoms with E-state index >= 15 is 0 Å². The van der Waals surface area contributed by atoms with Crippen LogP contribution in [-0.4, -0.2) is 5.34 Å². The Balaban J connectivity index is -0.00000000200. The van der Waals surface area contributed by atoms with Gasteiger partial charge in [0.1, 0.15) is 0 Å². The van der Waals surface area contributed by atoms with E-state index in [2.05, 4.69) is 0 Å². The van der Waals surface area contributed by atoms with Crippen LogP contribution in [0.3, 0.4) is 0 Å². The fraction of sp³-hybridized carbons (Fsp3) is 1.00. The fourth-order valence-corrected chi connectivity index (χ4v) is 0. The predicted molar refractivity (Wildman–Crippen MR) is 52.8 cm³/mol. The van der Waals surface area contributed by atoms with Crippen molar-refractivity contribution in [2.75, 3.05) is 5.34 Å².